The molecule has 4 rings (SSSR count). The van der Waals surface area contributed by atoms with Crippen LogP contribution in [0.1, 0.15) is 55.1 Å². The minimum Gasteiger partial charge on any atom is -0.497 e. The van der Waals surface area contributed by atoms with Crippen molar-refractivity contribution in [2.45, 2.75) is 44.6 Å². The van der Waals surface area contributed by atoms with Crippen LogP contribution < -0.4 is 4.74 Å². The number of rotatable bonds is 6. The monoisotopic (exact) mass is 448 g/mol. The average Bonchev–Trinajstić information content (AvgIpc) is 3.30. The molecule has 1 aliphatic heterocycles. The quantitative estimate of drug-likeness (QED) is 0.466. The number of hydrogen-bond donors (Lipinski definition) is 0. The molecule has 3 aromatic rings. The van der Waals surface area contributed by atoms with E-state index in [1.807, 2.05) is 73.5 Å². The van der Waals surface area contributed by atoms with Crippen molar-refractivity contribution in [1.82, 2.24) is 9.88 Å². The Bertz CT molecular complexity index is 1060. The molecule has 0 unspecified atom stereocenters. The molecule has 0 spiro atoms. The van der Waals surface area contributed by atoms with Crippen molar-refractivity contribution in [2.75, 3.05) is 13.7 Å². The van der Waals surface area contributed by atoms with E-state index in [1.54, 1.807) is 7.11 Å². The summed E-state index contributed by atoms with van der Waals surface area (Å²) < 4.78 is 5.26. The van der Waals surface area contributed by atoms with Crippen molar-refractivity contribution in [3.63, 3.8) is 0 Å². The zero-order valence-electron chi connectivity index (χ0n) is 18.8. The van der Waals surface area contributed by atoms with Gasteiger partial charge in [0, 0.05) is 17.8 Å². The SMILES string of the molecule is COc1ccc(C(C)(C)C(=O)N2CCC[C@H]2c2ccc(Cc3ccc(Cl)cc3)cn2)cc1. The van der Waals surface area contributed by atoms with Gasteiger partial charge in [-0.1, -0.05) is 41.9 Å². The fourth-order valence-electron chi connectivity index (χ4n) is 4.38. The molecule has 0 saturated carbocycles. The lowest BCUT2D eigenvalue weighted by molar-refractivity contribution is -0.137. The molecular weight excluding hydrogens is 420 g/mol. The Labute approximate surface area is 195 Å². The van der Waals surface area contributed by atoms with E-state index < -0.39 is 5.41 Å². The number of likely N-dealkylation sites (tertiary alicyclic amines) is 1. The Morgan fingerprint density at radius 2 is 1.75 bits per heavy atom. The molecule has 0 aliphatic carbocycles. The number of pyridine rings is 1. The molecule has 1 amide bonds. The third kappa shape index (κ3) is 4.66. The lowest BCUT2D eigenvalue weighted by Crippen LogP contribution is -2.43. The van der Waals surface area contributed by atoms with Gasteiger partial charge in [-0.15, -0.1) is 0 Å². The number of carbonyl (C=O) groups excluding carboxylic acids is 1. The molecule has 0 radical (unpaired) electrons. The summed E-state index contributed by atoms with van der Waals surface area (Å²) in [5, 5.41) is 0.741. The van der Waals surface area contributed by atoms with E-state index in [0.717, 1.165) is 53.4 Å². The standard InChI is InChI=1S/C27H29ClN2O2/c1-27(2,21-9-13-23(32-3)14-10-21)26(31)30-16-4-5-25(30)24-15-8-20(18-29-24)17-19-6-11-22(28)12-7-19/h6-15,18,25H,4-5,16-17H2,1-3H3/t25-/m0/s1. The first-order valence-electron chi connectivity index (χ1n) is 11.0. The highest BCUT2D eigenvalue weighted by Gasteiger charge is 2.39. The second-order valence-electron chi connectivity index (χ2n) is 8.90. The van der Waals surface area contributed by atoms with Crippen molar-refractivity contribution in [1.29, 1.82) is 0 Å². The van der Waals surface area contributed by atoms with Gasteiger partial charge in [-0.2, -0.15) is 0 Å². The molecular formula is C27H29ClN2O2. The second kappa shape index (κ2) is 9.33. The van der Waals surface area contributed by atoms with Gasteiger partial charge in [0.05, 0.1) is 24.3 Å². The zero-order valence-corrected chi connectivity index (χ0v) is 19.6. The summed E-state index contributed by atoms with van der Waals surface area (Å²) in [7, 11) is 1.65. The van der Waals surface area contributed by atoms with E-state index in [2.05, 4.69) is 12.1 Å². The maximum atomic E-state index is 13.6. The minimum absolute atomic E-state index is 0.0182. The van der Waals surface area contributed by atoms with Gasteiger partial charge in [-0.3, -0.25) is 9.78 Å². The van der Waals surface area contributed by atoms with Gasteiger partial charge in [0.1, 0.15) is 5.75 Å². The summed E-state index contributed by atoms with van der Waals surface area (Å²) in [6.07, 6.45) is 4.67. The number of ether oxygens (including phenoxy) is 1. The van der Waals surface area contributed by atoms with Gasteiger partial charge in [-0.25, -0.2) is 0 Å². The largest absolute Gasteiger partial charge is 0.497 e. The van der Waals surface area contributed by atoms with Gasteiger partial charge in [0.2, 0.25) is 5.91 Å². The first kappa shape index (κ1) is 22.3. The third-order valence-electron chi connectivity index (χ3n) is 6.37. The highest BCUT2D eigenvalue weighted by molar-refractivity contribution is 6.30. The van der Waals surface area contributed by atoms with Crippen LogP contribution in [0.2, 0.25) is 5.02 Å². The van der Waals surface area contributed by atoms with Crippen molar-refractivity contribution in [3.05, 3.63) is 94.3 Å². The summed E-state index contributed by atoms with van der Waals surface area (Å²) in [5.41, 5.74) is 3.67. The summed E-state index contributed by atoms with van der Waals surface area (Å²) in [6.45, 7) is 4.75. The molecule has 1 aromatic heterocycles. The predicted molar refractivity (Wildman–Crippen MR) is 128 cm³/mol. The van der Waals surface area contributed by atoms with E-state index in [9.17, 15) is 4.79 Å². The number of nitrogens with zero attached hydrogens (tertiary/aromatic N) is 2. The van der Waals surface area contributed by atoms with Crippen LogP contribution in [0.25, 0.3) is 0 Å². The van der Waals surface area contributed by atoms with Crippen LogP contribution in [0, 0.1) is 0 Å². The highest BCUT2D eigenvalue weighted by atomic mass is 35.5. The number of aromatic nitrogens is 1. The lowest BCUT2D eigenvalue weighted by atomic mass is 9.83. The van der Waals surface area contributed by atoms with Crippen LogP contribution in [0.15, 0.2) is 66.9 Å². The first-order chi connectivity index (χ1) is 15.4. The maximum Gasteiger partial charge on any atom is 0.233 e. The molecule has 1 fully saturated rings. The Morgan fingerprint density at radius 1 is 1.06 bits per heavy atom. The number of carbonyl (C=O) groups is 1. The molecule has 1 atom stereocenters. The van der Waals surface area contributed by atoms with E-state index >= 15 is 0 Å². The number of amides is 1. The van der Waals surface area contributed by atoms with Gasteiger partial charge in [0.15, 0.2) is 0 Å². The van der Waals surface area contributed by atoms with Gasteiger partial charge < -0.3 is 9.64 Å². The Kier molecular flexibility index (Phi) is 6.52. The van der Waals surface area contributed by atoms with E-state index in [4.69, 9.17) is 21.3 Å². The molecule has 0 N–H and O–H groups in total. The summed E-state index contributed by atoms with van der Waals surface area (Å²) in [6, 6.07) is 19.9. The molecule has 1 aliphatic rings. The Balaban J connectivity index is 1.49. The van der Waals surface area contributed by atoms with Gasteiger partial charge >= 0.3 is 0 Å². The van der Waals surface area contributed by atoms with Crippen LogP contribution in [0.5, 0.6) is 5.75 Å². The molecule has 32 heavy (non-hydrogen) atoms. The first-order valence-corrected chi connectivity index (χ1v) is 11.4. The topological polar surface area (TPSA) is 42.4 Å². The Morgan fingerprint density at radius 3 is 2.38 bits per heavy atom. The number of methoxy groups -OCH3 is 1. The normalized spacial score (nSPS) is 16.2. The Hall–Kier alpha value is -2.85. The molecule has 4 nitrogen and oxygen atoms in total. The summed E-state index contributed by atoms with van der Waals surface area (Å²) in [5.74, 6) is 0.927. The molecule has 166 valence electrons. The molecule has 2 aromatic carbocycles. The summed E-state index contributed by atoms with van der Waals surface area (Å²) >= 11 is 5.98. The molecule has 2 heterocycles. The van der Waals surface area contributed by atoms with E-state index in [-0.39, 0.29) is 11.9 Å². The van der Waals surface area contributed by atoms with Crippen molar-refractivity contribution >= 4 is 17.5 Å². The third-order valence-corrected chi connectivity index (χ3v) is 6.62. The fraction of sp³-hybridized carbons (Fsp3) is 0.333. The number of benzene rings is 2. The predicted octanol–water partition coefficient (Wildman–Crippen LogP) is 5.98. The fourth-order valence-corrected chi connectivity index (χ4v) is 4.51. The van der Waals surface area contributed by atoms with E-state index in [1.165, 1.54) is 5.56 Å². The maximum absolute atomic E-state index is 13.6. The average molecular weight is 449 g/mol. The zero-order chi connectivity index (χ0) is 22.7. The number of halogens is 1. The van der Waals surface area contributed by atoms with Crippen LogP contribution >= 0.6 is 11.6 Å². The number of hydrogen-bond acceptors (Lipinski definition) is 3. The summed E-state index contributed by atoms with van der Waals surface area (Å²) in [4.78, 5) is 20.4. The smallest absolute Gasteiger partial charge is 0.233 e. The van der Waals surface area contributed by atoms with Crippen LogP contribution in [0.3, 0.4) is 0 Å². The van der Waals surface area contributed by atoms with Gasteiger partial charge in [0.25, 0.3) is 0 Å². The molecule has 1 saturated heterocycles. The van der Waals surface area contributed by atoms with Crippen LogP contribution in [-0.2, 0) is 16.6 Å². The van der Waals surface area contributed by atoms with E-state index in [0.29, 0.717) is 0 Å². The highest BCUT2D eigenvalue weighted by Crippen LogP contribution is 2.36. The van der Waals surface area contributed by atoms with Crippen molar-refractivity contribution in [2.24, 2.45) is 0 Å². The molecule has 5 heteroatoms. The minimum atomic E-state index is -0.622. The van der Waals surface area contributed by atoms with Crippen molar-refractivity contribution in [3.8, 4) is 5.75 Å². The van der Waals surface area contributed by atoms with Crippen LogP contribution in [-0.4, -0.2) is 29.4 Å². The molecule has 0 bridgehead atoms. The second-order valence-corrected chi connectivity index (χ2v) is 9.34. The van der Waals surface area contributed by atoms with Crippen molar-refractivity contribution < 1.29 is 9.53 Å². The van der Waals surface area contributed by atoms with Gasteiger partial charge in [-0.05, 0) is 80.1 Å². The lowest BCUT2D eigenvalue weighted by Gasteiger charge is -2.33. The van der Waals surface area contributed by atoms with Crippen LogP contribution in [0.4, 0.5) is 0 Å².